The monoisotopic (exact) mass is 270 g/mol. The van der Waals surface area contributed by atoms with Crippen molar-refractivity contribution < 1.29 is 28.5 Å². The molecule has 106 valence electrons. The summed E-state index contributed by atoms with van der Waals surface area (Å²) in [5.74, 6) is -1.40. The van der Waals surface area contributed by atoms with Gasteiger partial charge in [-0.05, 0) is 13.0 Å². The van der Waals surface area contributed by atoms with E-state index in [2.05, 4.69) is 0 Å². The Balaban J connectivity index is 1.95. The number of ether oxygens (including phenoxy) is 5. The van der Waals surface area contributed by atoms with Gasteiger partial charge in [-0.2, -0.15) is 0 Å². The lowest BCUT2D eigenvalue weighted by molar-refractivity contribution is -0.252. The molecule has 6 nitrogen and oxygen atoms in total. The third-order valence-electron chi connectivity index (χ3n) is 2.65. The van der Waals surface area contributed by atoms with E-state index in [0.29, 0.717) is 33.0 Å². The number of carbonyl (C=O) groups excluding carboxylic acids is 1. The fourth-order valence-corrected chi connectivity index (χ4v) is 1.86. The van der Waals surface area contributed by atoms with E-state index >= 15 is 0 Å². The number of esters is 1. The van der Waals surface area contributed by atoms with Crippen molar-refractivity contribution in [1.82, 2.24) is 0 Å². The molecule has 19 heavy (non-hydrogen) atoms. The summed E-state index contributed by atoms with van der Waals surface area (Å²) < 4.78 is 26.7. The topological polar surface area (TPSA) is 63.2 Å². The lowest BCUT2D eigenvalue weighted by Gasteiger charge is -2.28. The highest BCUT2D eigenvalue weighted by atomic mass is 16.8. The molecule has 0 bridgehead atoms. The van der Waals surface area contributed by atoms with E-state index in [9.17, 15) is 4.79 Å². The molecule has 0 aromatic carbocycles. The van der Waals surface area contributed by atoms with Crippen LogP contribution < -0.4 is 0 Å². The van der Waals surface area contributed by atoms with Crippen LogP contribution in [0.15, 0.2) is 24.3 Å². The van der Waals surface area contributed by atoms with Gasteiger partial charge in [-0.3, -0.25) is 0 Å². The van der Waals surface area contributed by atoms with E-state index in [1.54, 1.807) is 25.2 Å². The first-order valence-electron chi connectivity index (χ1n) is 6.30. The van der Waals surface area contributed by atoms with Crippen molar-refractivity contribution in [1.29, 1.82) is 0 Å². The van der Waals surface area contributed by atoms with Gasteiger partial charge in [-0.1, -0.05) is 12.2 Å². The molecule has 6 heteroatoms. The molecule has 0 aromatic rings. The first kappa shape index (κ1) is 14.2. The van der Waals surface area contributed by atoms with Gasteiger partial charge in [-0.25, -0.2) is 4.79 Å². The van der Waals surface area contributed by atoms with Gasteiger partial charge in [0.15, 0.2) is 0 Å². The Labute approximate surface area is 111 Å². The van der Waals surface area contributed by atoms with Gasteiger partial charge in [0.2, 0.25) is 12.1 Å². The summed E-state index contributed by atoms with van der Waals surface area (Å²) in [6.45, 7) is 4.11. The van der Waals surface area contributed by atoms with Crippen LogP contribution in [0.25, 0.3) is 0 Å². The summed E-state index contributed by atoms with van der Waals surface area (Å²) in [6, 6.07) is 0. The molecule has 0 aromatic heterocycles. The van der Waals surface area contributed by atoms with Gasteiger partial charge < -0.3 is 23.7 Å². The van der Waals surface area contributed by atoms with Gasteiger partial charge in [0.05, 0.1) is 33.0 Å². The Morgan fingerprint density at radius 2 is 1.89 bits per heavy atom. The van der Waals surface area contributed by atoms with Crippen LogP contribution in [0.1, 0.15) is 6.92 Å². The Kier molecular flexibility index (Phi) is 5.09. The fourth-order valence-electron chi connectivity index (χ4n) is 1.86. The molecule has 0 amide bonds. The Morgan fingerprint density at radius 3 is 2.53 bits per heavy atom. The van der Waals surface area contributed by atoms with Gasteiger partial charge in [-0.15, -0.1) is 0 Å². The minimum absolute atomic E-state index is 0.354. The Hall–Kier alpha value is -1.21. The summed E-state index contributed by atoms with van der Waals surface area (Å²) in [5.41, 5.74) is 0. The lowest BCUT2D eigenvalue weighted by Crippen LogP contribution is -2.42. The van der Waals surface area contributed by atoms with Crippen molar-refractivity contribution in [2.24, 2.45) is 0 Å². The second-order valence-corrected chi connectivity index (χ2v) is 3.96. The maximum Gasteiger partial charge on any atom is 0.330 e. The van der Waals surface area contributed by atoms with E-state index < -0.39 is 12.1 Å². The number of rotatable bonds is 5. The van der Waals surface area contributed by atoms with Crippen molar-refractivity contribution in [2.75, 3.05) is 33.0 Å². The standard InChI is InChI=1S/C13H18O6/c1-2-15-11(14)5-3-4-6-13(18-9-10-19-13)12-16-7-8-17-12/h3-6,12H,2,7-10H2,1H3/b5-3+,6-4+. The molecular weight excluding hydrogens is 252 g/mol. The Bertz CT molecular complexity index is 350. The molecule has 2 fully saturated rings. The van der Waals surface area contributed by atoms with E-state index in [-0.39, 0.29) is 5.97 Å². The predicted molar refractivity (Wildman–Crippen MR) is 65.2 cm³/mol. The van der Waals surface area contributed by atoms with Gasteiger partial charge in [0.1, 0.15) is 0 Å². The van der Waals surface area contributed by atoms with Crippen LogP contribution in [0.5, 0.6) is 0 Å². The summed E-state index contributed by atoms with van der Waals surface area (Å²) >= 11 is 0. The third kappa shape index (κ3) is 3.63. The summed E-state index contributed by atoms with van der Waals surface area (Å²) in [7, 11) is 0. The molecule has 0 unspecified atom stereocenters. The number of hydrogen-bond acceptors (Lipinski definition) is 6. The van der Waals surface area contributed by atoms with Crippen LogP contribution in [0.2, 0.25) is 0 Å². The van der Waals surface area contributed by atoms with Crippen molar-refractivity contribution >= 4 is 5.97 Å². The maximum absolute atomic E-state index is 11.1. The molecule has 0 saturated carbocycles. The third-order valence-corrected chi connectivity index (χ3v) is 2.65. The second kappa shape index (κ2) is 6.81. The van der Waals surface area contributed by atoms with Crippen LogP contribution >= 0.6 is 0 Å². The smallest absolute Gasteiger partial charge is 0.330 e. The molecule has 2 heterocycles. The van der Waals surface area contributed by atoms with Crippen LogP contribution in [-0.2, 0) is 28.5 Å². The average molecular weight is 270 g/mol. The fraction of sp³-hybridized carbons (Fsp3) is 0.615. The molecule has 0 radical (unpaired) electrons. The first-order valence-corrected chi connectivity index (χ1v) is 6.30. The van der Waals surface area contributed by atoms with Crippen LogP contribution in [0.4, 0.5) is 0 Å². The molecule has 2 aliphatic heterocycles. The largest absolute Gasteiger partial charge is 0.463 e. The molecule has 0 atom stereocenters. The molecule has 2 saturated heterocycles. The highest BCUT2D eigenvalue weighted by molar-refractivity contribution is 5.82. The SMILES string of the molecule is CCOC(=O)/C=C/C=C/C1(C2OCCO2)OCCO1. The van der Waals surface area contributed by atoms with Crippen molar-refractivity contribution in [3.63, 3.8) is 0 Å². The van der Waals surface area contributed by atoms with E-state index in [4.69, 9.17) is 23.7 Å². The van der Waals surface area contributed by atoms with Crippen molar-refractivity contribution in [3.05, 3.63) is 24.3 Å². The van der Waals surface area contributed by atoms with Gasteiger partial charge >= 0.3 is 5.97 Å². The number of hydrogen-bond donors (Lipinski definition) is 0. The maximum atomic E-state index is 11.1. The van der Waals surface area contributed by atoms with Crippen LogP contribution in [-0.4, -0.2) is 51.1 Å². The summed E-state index contributed by atoms with van der Waals surface area (Å²) in [4.78, 5) is 11.1. The average Bonchev–Trinajstić information content (AvgIpc) is 3.06. The van der Waals surface area contributed by atoms with E-state index in [1.807, 2.05) is 0 Å². The summed E-state index contributed by atoms with van der Waals surface area (Å²) in [6.07, 6.45) is 5.68. The molecule has 0 N–H and O–H groups in total. The zero-order chi connectivity index (χ0) is 13.6. The van der Waals surface area contributed by atoms with E-state index in [1.165, 1.54) is 6.08 Å². The first-order chi connectivity index (χ1) is 9.27. The predicted octanol–water partition coefficient (Wildman–Crippen LogP) is 0.778. The van der Waals surface area contributed by atoms with E-state index in [0.717, 1.165) is 0 Å². The second-order valence-electron chi connectivity index (χ2n) is 3.96. The van der Waals surface area contributed by atoms with Crippen LogP contribution in [0.3, 0.4) is 0 Å². The minimum atomic E-state index is -1.02. The quantitative estimate of drug-likeness (QED) is 0.418. The van der Waals surface area contributed by atoms with Gasteiger partial charge in [0, 0.05) is 6.08 Å². The molecule has 2 aliphatic rings. The minimum Gasteiger partial charge on any atom is -0.463 e. The van der Waals surface area contributed by atoms with Crippen LogP contribution in [0, 0.1) is 0 Å². The zero-order valence-electron chi connectivity index (χ0n) is 10.9. The molecule has 2 rings (SSSR count). The van der Waals surface area contributed by atoms with Crippen molar-refractivity contribution in [2.45, 2.75) is 19.0 Å². The van der Waals surface area contributed by atoms with Gasteiger partial charge in [0.25, 0.3) is 0 Å². The summed E-state index contributed by atoms with van der Waals surface area (Å²) in [5, 5.41) is 0. The normalized spacial score (nSPS) is 23.6. The zero-order valence-corrected chi connectivity index (χ0v) is 10.9. The Morgan fingerprint density at radius 1 is 1.21 bits per heavy atom. The lowest BCUT2D eigenvalue weighted by atomic mass is 10.2. The molecular formula is C13H18O6. The molecule has 0 spiro atoms. The van der Waals surface area contributed by atoms with Crippen molar-refractivity contribution in [3.8, 4) is 0 Å². The highest BCUT2D eigenvalue weighted by Gasteiger charge is 2.46. The highest BCUT2D eigenvalue weighted by Crippen LogP contribution is 2.30. The number of allylic oxidation sites excluding steroid dienone is 2. The number of carbonyl (C=O) groups is 1. The molecule has 0 aliphatic carbocycles.